The molecule has 8 nitrogen and oxygen atoms in total. The van der Waals surface area contributed by atoms with E-state index >= 15 is 0 Å². The highest BCUT2D eigenvalue weighted by atomic mass is 16.1. The summed E-state index contributed by atoms with van der Waals surface area (Å²) in [6.07, 6.45) is 6.45. The number of hydrogen-bond donors (Lipinski definition) is 2. The second-order valence-electron chi connectivity index (χ2n) is 6.64. The number of aromatic nitrogens is 4. The van der Waals surface area contributed by atoms with Gasteiger partial charge in [0, 0.05) is 24.7 Å². The van der Waals surface area contributed by atoms with Crippen LogP contribution in [0.5, 0.6) is 0 Å². The molecule has 0 fully saturated rings. The van der Waals surface area contributed by atoms with Crippen LogP contribution in [0.2, 0.25) is 0 Å². The molecule has 0 saturated carbocycles. The van der Waals surface area contributed by atoms with Gasteiger partial charge in [0.25, 0.3) is 5.91 Å². The second kappa shape index (κ2) is 8.55. The molecular weight excluding hydrogens is 366 g/mol. The molecule has 0 aliphatic heterocycles. The Kier molecular flexibility index (Phi) is 5.92. The number of hydrogen-bond acceptors (Lipinski definition) is 7. The van der Waals surface area contributed by atoms with Gasteiger partial charge in [0.15, 0.2) is 0 Å². The van der Waals surface area contributed by atoms with Gasteiger partial charge >= 0.3 is 0 Å². The first-order chi connectivity index (χ1) is 13.9. The largest absolute Gasteiger partial charge is 0.337 e. The maximum absolute atomic E-state index is 13.2. The summed E-state index contributed by atoms with van der Waals surface area (Å²) in [5.41, 5.74) is 5.55. The topological polar surface area (TPSA) is 105 Å². The molecule has 8 heteroatoms. The van der Waals surface area contributed by atoms with Crippen LogP contribution in [-0.4, -0.2) is 38.6 Å². The fraction of sp³-hybridized carbons (Fsp3) is 0.238. The Morgan fingerprint density at radius 1 is 1.14 bits per heavy atom. The van der Waals surface area contributed by atoms with Crippen LogP contribution in [0.15, 0.2) is 42.0 Å². The zero-order valence-electron chi connectivity index (χ0n) is 17.1. The van der Waals surface area contributed by atoms with E-state index in [1.807, 2.05) is 33.8 Å². The van der Waals surface area contributed by atoms with E-state index < -0.39 is 0 Å². The Balaban J connectivity index is 2.09. The van der Waals surface area contributed by atoms with E-state index in [0.717, 1.165) is 11.3 Å². The Morgan fingerprint density at radius 2 is 1.86 bits per heavy atom. The SMILES string of the molecule is C/N=C(/C)c1c(C(=O)Nc2c(C)ccnc2C)cc(C)nc1Nc1cncnc1. The van der Waals surface area contributed by atoms with Gasteiger partial charge in [0.2, 0.25) is 0 Å². The Morgan fingerprint density at radius 3 is 2.52 bits per heavy atom. The number of amides is 1. The average Bonchev–Trinajstić information content (AvgIpc) is 2.70. The zero-order chi connectivity index (χ0) is 21.0. The molecule has 0 unspecified atom stereocenters. The minimum atomic E-state index is -0.250. The minimum absolute atomic E-state index is 0.250. The lowest BCUT2D eigenvalue weighted by Crippen LogP contribution is -2.20. The highest BCUT2D eigenvalue weighted by molar-refractivity contribution is 6.16. The van der Waals surface area contributed by atoms with Crippen molar-refractivity contribution in [2.45, 2.75) is 27.7 Å². The Labute approximate surface area is 169 Å². The van der Waals surface area contributed by atoms with Crippen LogP contribution in [0.4, 0.5) is 17.2 Å². The van der Waals surface area contributed by atoms with E-state index in [1.165, 1.54) is 6.33 Å². The quantitative estimate of drug-likeness (QED) is 0.646. The number of nitrogens with one attached hydrogen (secondary N) is 2. The van der Waals surface area contributed by atoms with E-state index in [2.05, 4.69) is 35.6 Å². The molecule has 3 aromatic heterocycles. The summed E-state index contributed by atoms with van der Waals surface area (Å²) in [6.45, 7) is 7.48. The van der Waals surface area contributed by atoms with Crippen molar-refractivity contribution >= 4 is 28.8 Å². The normalized spacial score (nSPS) is 11.3. The molecule has 3 aromatic rings. The van der Waals surface area contributed by atoms with Gasteiger partial charge in [-0.2, -0.15) is 0 Å². The summed E-state index contributed by atoms with van der Waals surface area (Å²) < 4.78 is 0. The molecule has 0 aliphatic rings. The summed E-state index contributed by atoms with van der Waals surface area (Å²) in [7, 11) is 1.68. The molecule has 2 N–H and O–H groups in total. The second-order valence-corrected chi connectivity index (χ2v) is 6.64. The average molecular weight is 389 g/mol. The molecular formula is C21H23N7O. The molecule has 1 amide bonds. The Hall–Kier alpha value is -3.68. The first-order valence-electron chi connectivity index (χ1n) is 9.11. The van der Waals surface area contributed by atoms with Crippen LogP contribution in [0, 0.1) is 20.8 Å². The molecule has 0 aromatic carbocycles. The fourth-order valence-electron chi connectivity index (χ4n) is 2.99. The molecule has 0 bridgehead atoms. The standard InChI is InChI=1S/C21H23N7O/c1-12-6-7-25-15(4)19(12)28-21(29)17-8-13(2)26-20(18(17)14(3)22-5)27-16-9-23-11-24-10-16/h6-11H,1-5H3,(H,26,27)(H,28,29)/b22-14-. The number of anilines is 3. The van der Waals surface area contributed by atoms with E-state index in [0.29, 0.717) is 39.7 Å². The number of carbonyl (C=O) groups is 1. The lowest BCUT2D eigenvalue weighted by atomic mass is 10.0. The van der Waals surface area contributed by atoms with Gasteiger partial charge in [-0.3, -0.25) is 14.8 Å². The van der Waals surface area contributed by atoms with Crippen molar-refractivity contribution < 1.29 is 4.79 Å². The van der Waals surface area contributed by atoms with E-state index in [-0.39, 0.29) is 5.91 Å². The van der Waals surface area contributed by atoms with Crippen molar-refractivity contribution in [1.82, 2.24) is 19.9 Å². The highest BCUT2D eigenvalue weighted by Crippen LogP contribution is 2.26. The maximum atomic E-state index is 13.2. The lowest BCUT2D eigenvalue weighted by molar-refractivity contribution is 0.102. The molecule has 0 aliphatic carbocycles. The van der Waals surface area contributed by atoms with E-state index in [9.17, 15) is 4.79 Å². The van der Waals surface area contributed by atoms with Gasteiger partial charge < -0.3 is 10.6 Å². The van der Waals surface area contributed by atoms with Crippen molar-refractivity contribution in [1.29, 1.82) is 0 Å². The summed E-state index contributed by atoms with van der Waals surface area (Å²) in [6, 6.07) is 3.62. The Bertz CT molecular complexity index is 1060. The number of rotatable bonds is 5. The van der Waals surface area contributed by atoms with E-state index in [1.54, 1.807) is 31.7 Å². The molecule has 148 valence electrons. The smallest absolute Gasteiger partial charge is 0.256 e. The van der Waals surface area contributed by atoms with Gasteiger partial charge in [0.1, 0.15) is 12.1 Å². The van der Waals surface area contributed by atoms with Gasteiger partial charge in [-0.05, 0) is 45.4 Å². The van der Waals surface area contributed by atoms with Crippen LogP contribution in [0.3, 0.4) is 0 Å². The third-order valence-electron chi connectivity index (χ3n) is 4.50. The van der Waals surface area contributed by atoms with Crippen LogP contribution < -0.4 is 10.6 Å². The van der Waals surface area contributed by atoms with Crippen molar-refractivity contribution in [3.8, 4) is 0 Å². The summed E-state index contributed by atoms with van der Waals surface area (Å²) in [5, 5.41) is 6.20. The van der Waals surface area contributed by atoms with Crippen molar-refractivity contribution in [3.05, 3.63) is 65.1 Å². The minimum Gasteiger partial charge on any atom is -0.337 e. The molecule has 3 rings (SSSR count). The van der Waals surface area contributed by atoms with E-state index in [4.69, 9.17) is 0 Å². The third-order valence-corrected chi connectivity index (χ3v) is 4.50. The monoisotopic (exact) mass is 389 g/mol. The molecule has 0 radical (unpaired) electrons. The summed E-state index contributed by atoms with van der Waals surface area (Å²) in [5.74, 6) is 0.271. The van der Waals surface area contributed by atoms with Crippen LogP contribution in [0.25, 0.3) is 0 Å². The van der Waals surface area contributed by atoms with Gasteiger partial charge in [-0.1, -0.05) is 0 Å². The third kappa shape index (κ3) is 4.43. The zero-order valence-corrected chi connectivity index (χ0v) is 17.1. The molecule has 0 saturated heterocycles. The van der Waals surface area contributed by atoms with Gasteiger partial charge in [-0.25, -0.2) is 15.0 Å². The first kappa shape index (κ1) is 20.1. The molecule has 3 heterocycles. The van der Waals surface area contributed by atoms with Gasteiger partial charge in [0.05, 0.1) is 40.6 Å². The number of carbonyl (C=O) groups excluding carboxylic acids is 1. The number of nitrogens with zero attached hydrogens (tertiary/aromatic N) is 5. The summed E-state index contributed by atoms with van der Waals surface area (Å²) >= 11 is 0. The van der Waals surface area contributed by atoms with Crippen LogP contribution in [0.1, 0.15) is 39.8 Å². The molecule has 0 atom stereocenters. The predicted molar refractivity (Wildman–Crippen MR) is 114 cm³/mol. The molecule has 0 spiro atoms. The first-order valence-corrected chi connectivity index (χ1v) is 9.11. The molecule has 29 heavy (non-hydrogen) atoms. The number of pyridine rings is 2. The van der Waals surface area contributed by atoms with Crippen molar-refractivity contribution in [2.75, 3.05) is 17.7 Å². The summed E-state index contributed by atoms with van der Waals surface area (Å²) in [4.78, 5) is 34.4. The number of aryl methyl sites for hydroxylation is 3. The predicted octanol–water partition coefficient (Wildman–Crippen LogP) is 3.63. The highest BCUT2D eigenvalue weighted by Gasteiger charge is 2.21. The van der Waals surface area contributed by atoms with Gasteiger partial charge in [-0.15, -0.1) is 0 Å². The fourth-order valence-corrected chi connectivity index (χ4v) is 2.99. The van der Waals surface area contributed by atoms with Crippen LogP contribution >= 0.6 is 0 Å². The maximum Gasteiger partial charge on any atom is 0.256 e. The lowest BCUT2D eigenvalue weighted by Gasteiger charge is -2.17. The van der Waals surface area contributed by atoms with Crippen LogP contribution in [-0.2, 0) is 0 Å². The number of aliphatic imine (C=N–C) groups is 1. The van der Waals surface area contributed by atoms with Crippen molar-refractivity contribution in [3.63, 3.8) is 0 Å². The van der Waals surface area contributed by atoms with Crippen molar-refractivity contribution in [2.24, 2.45) is 4.99 Å².